The Morgan fingerprint density at radius 2 is 2.07 bits per heavy atom. The molecule has 2 N–H and O–H groups in total. The molecule has 4 heteroatoms. The molecule has 1 aliphatic heterocycles. The lowest BCUT2D eigenvalue weighted by Crippen LogP contribution is -2.27. The Bertz CT molecular complexity index is 294. The lowest BCUT2D eigenvalue weighted by molar-refractivity contribution is 0.0559. The molecule has 0 unspecified atom stereocenters. The number of hydrogen-bond acceptors (Lipinski definition) is 3. The quantitative estimate of drug-likeness (QED) is 0.888. The molecule has 0 radical (unpaired) electrons. The molecular weight excluding hydrogens is 246 g/mol. The van der Waals surface area contributed by atoms with Gasteiger partial charge in [0.1, 0.15) is 5.76 Å². The molecule has 0 saturated carbocycles. The number of furan rings is 1. The molecule has 0 bridgehead atoms. The Balaban J connectivity index is 2.03. The van der Waals surface area contributed by atoms with Crippen molar-refractivity contribution in [1.82, 2.24) is 0 Å². The van der Waals surface area contributed by atoms with Gasteiger partial charge in [0, 0.05) is 13.2 Å². The van der Waals surface area contributed by atoms with E-state index in [1.807, 2.05) is 12.1 Å². The fourth-order valence-electron chi connectivity index (χ4n) is 1.81. The molecule has 2 rings (SSSR count). The number of ether oxygens (including phenoxy) is 1. The molecule has 1 saturated heterocycles. The second-order valence-corrected chi connectivity index (χ2v) is 4.40. The van der Waals surface area contributed by atoms with E-state index in [9.17, 15) is 0 Å². The highest BCUT2D eigenvalue weighted by molar-refractivity contribution is 9.10. The predicted molar refractivity (Wildman–Crippen MR) is 56.9 cm³/mol. The van der Waals surface area contributed by atoms with Crippen molar-refractivity contribution in [3.63, 3.8) is 0 Å². The van der Waals surface area contributed by atoms with Crippen LogP contribution in [-0.2, 0) is 4.74 Å². The lowest BCUT2D eigenvalue weighted by Gasteiger charge is -2.26. The molecule has 0 spiro atoms. The SMILES string of the molecule is N[C@H](c1ccc(Br)o1)C1CCOCC1. The smallest absolute Gasteiger partial charge is 0.169 e. The van der Waals surface area contributed by atoms with Crippen molar-refractivity contribution in [2.75, 3.05) is 13.2 Å². The Morgan fingerprint density at radius 3 is 2.64 bits per heavy atom. The fraction of sp³-hybridized carbons (Fsp3) is 0.600. The summed E-state index contributed by atoms with van der Waals surface area (Å²) < 4.78 is 11.5. The third-order valence-electron chi connectivity index (χ3n) is 2.70. The second-order valence-electron chi connectivity index (χ2n) is 3.62. The van der Waals surface area contributed by atoms with E-state index in [4.69, 9.17) is 14.9 Å². The van der Waals surface area contributed by atoms with Crippen LogP contribution < -0.4 is 5.73 Å². The van der Waals surface area contributed by atoms with Gasteiger partial charge in [-0.1, -0.05) is 0 Å². The minimum Gasteiger partial charge on any atom is -0.453 e. The molecule has 1 aromatic rings. The van der Waals surface area contributed by atoms with Crippen molar-refractivity contribution in [3.05, 3.63) is 22.6 Å². The molecule has 0 aromatic carbocycles. The first kappa shape index (κ1) is 10.2. The first-order valence-corrected chi connectivity index (χ1v) is 5.65. The van der Waals surface area contributed by atoms with Gasteiger partial charge in [-0.3, -0.25) is 0 Å². The number of hydrogen-bond donors (Lipinski definition) is 1. The summed E-state index contributed by atoms with van der Waals surface area (Å²) in [5.74, 6) is 1.35. The zero-order valence-electron chi connectivity index (χ0n) is 7.91. The van der Waals surface area contributed by atoms with E-state index in [1.165, 1.54) is 0 Å². The number of halogens is 1. The van der Waals surface area contributed by atoms with Gasteiger partial charge < -0.3 is 14.9 Å². The van der Waals surface area contributed by atoms with E-state index in [1.54, 1.807) is 0 Å². The van der Waals surface area contributed by atoms with E-state index in [-0.39, 0.29) is 6.04 Å². The van der Waals surface area contributed by atoms with Crippen molar-refractivity contribution in [1.29, 1.82) is 0 Å². The van der Waals surface area contributed by atoms with Crippen molar-refractivity contribution < 1.29 is 9.15 Å². The standard InChI is InChI=1S/C10H14BrNO2/c11-9-2-1-8(14-9)10(12)7-3-5-13-6-4-7/h1-2,7,10H,3-6,12H2/t10-/m0/s1. The fourth-order valence-corrected chi connectivity index (χ4v) is 2.13. The summed E-state index contributed by atoms with van der Waals surface area (Å²) in [5, 5.41) is 0. The topological polar surface area (TPSA) is 48.4 Å². The maximum absolute atomic E-state index is 6.11. The van der Waals surface area contributed by atoms with E-state index >= 15 is 0 Å². The summed E-state index contributed by atoms with van der Waals surface area (Å²) in [6, 6.07) is 3.82. The summed E-state index contributed by atoms with van der Waals surface area (Å²) in [7, 11) is 0. The maximum Gasteiger partial charge on any atom is 0.169 e. The van der Waals surface area contributed by atoms with Crippen molar-refractivity contribution in [2.45, 2.75) is 18.9 Å². The molecule has 0 aliphatic carbocycles. The van der Waals surface area contributed by atoms with Gasteiger partial charge in [-0.2, -0.15) is 0 Å². The van der Waals surface area contributed by atoms with Crippen LogP contribution in [0.1, 0.15) is 24.6 Å². The third-order valence-corrected chi connectivity index (χ3v) is 3.12. The molecule has 2 heterocycles. The van der Waals surface area contributed by atoms with Crippen molar-refractivity contribution in [3.8, 4) is 0 Å². The van der Waals surface area contributed by atoms with Crippen LogP contribution in [0.4, 0.5) is 0 Å². The lowest BCUT2D eigenvalue weighted by atomic mass is 9.91. The molecule has 1 fully saturated rings. The van der Waals surface area contributed by atoms with Crippen LogP contribution in [0.3, 0.4) is 0 Å². The van der Waals surface area contributed by atoms with Crippen LogP contribution in [0.25, 0.3) is 0 Å². The first-order valence-electron chi connectivity index (χ1n) is 4.86. The monoisotopic (exact) mass is 259 g/mol. The minimum atomic E-state index is 0.00481. The van der Waals surface area contributed by atoms with Gasteiger partial charge in [-0.15, -0.1) is 0 Å². The van der Waals surface area contributed by atoms with Gasteiger partial charge in [0.15, 0.2) is 4.67 Å². The highest BCUT2D eigenvalue weighted by Crippen LogP contribution is 2.30. The summed E-state index contributed by atoms with van der Waals surface area (Å²) >= 11 is 3.28. The minimum absolute atomic E-state index is 0.00481. The highest BCUT2D eigenvalue weighted by Gasteiger charge is 2.24. The summed E-state index contributed by atoms with van der Waals surface area (Å²) in [6.07, 6.45) is 2.05. The molecule has 1 atom stereocenters. The van der Waals surface area contributed by atoms with E-state index in [0.29, 0.717) is 5.92 Å². The van der Waals surface area contributed by atoms with Crippen molar-refractivity contribution >= 4 is 15.9 Å². The van der Waals surface area contributed by atoms with Crippen LogP contribution in [0.5, 0.6) is 0 Å². The largest absolute Gasteiger partial charge is 0.453 e. The first-order chi connectivity index (χ1) is 6.77. The van der Waals surface area contributed by atoms with Gasteiger partial charge in [0.05, 0.1) is 6.04 Å². The van der Waals surface area contributed by atoms with Crippen LogP contribution in [0, 0.1) is 5.92 Å². The van der Waals surface area contributed by atoms with Crippen molar-refractivity contribution in [2.24, 2.45) is 11.7 Å². The van der Waals surface area contributed by atoms with Gasteiger partial charge in [-0.25, -0.2) is 0 Å². The molecular formula is C10H14BrNO2. The van der Waals surface area contributed by atoms with Gasteiger partial charge in [0.25, 0.3) is 0 Å². The van der Waals surface area contributed by atoms with Gasteiger partial charge in [-0.05, 0) is 46.8 Å². The molecule has 14 heavy (non-hydrogen) atoms. The Hall–Kier alpha value is -0.320. The van der Waals surface area contributed by atoms with E-state index < -0.39 is 0 Å². The van der Waals surface area contributed by atoms with Crippen LogP contribution in [0.15, 0.2) is 21.2 Å². The Kier molecular flexibility index (Phi) is 3.26. The van der Waals surface area contributed by atoms with Crippen LogP contribution in [-0.4, -0.2) is 13.2 Å². The average molecular weight is 260 g/mol. The summed E-state index contributed by atoms with van der Waals surface area (Å²) in [5.41, 5.74) is 6.11. The number of nitrogens with two attached hydrogens (primary N) is 1. The summed E-state index contributed by atoms with van der Waals surface area (Å²) in [6.45, 7) is 1.64. The molecule has 0 amide bonds. The van der Waals surface area contributed by atoms with E-state index in [0.717, 1.165) is 36.5 Å². The van der Waals surface area contributed by atoms with Crippen LogP contribution in [0.2, 0.25) is 0 Å². The predicted octanol–water partition coefficient (Wildman–Crippen LogP) is 2.47. The molecule has 1 aromatic heterocycles. The average Bonchev–Trinajstić information content (AvgIpc) is 2.65. The second kappa shape index (κ2) is 4.47. The Labute approximate surface area is 91.7 Å². The van der Waals surface area contributed by atoms with Crippen LogP contribution >= 0.6 is 15.9 Å². The molecule has 78 valence electrons. The molecule has 1 aliphatic rings. The third kappa shape index (κ3) is 2.19. The maximum atomic E-state index is 6.11. The number of rotatable bonds is 2. The summed E-state index contributed by atoms with van der Waals surface area (Å²) in [4.78, 5) is 0. The normalized spacial score (nSPS) is 21.0. The molecule has 3 nitrogen and oxygen atoms in total. The van der Waals surface area contributed by atoms with E-state index in [2.05, 4.69) is 15.9 Å². The van der Waals surface area contributed by atoms with Gasteiger partial charge >= 0.3 is 0 Å². The zero-order chi connectivity index (χ0) is 9.97. The highest BCUT2D eigenvalue weighted by atomic mass is 79.9. The van der Waals surface area contributed by atoms with Gasteiger partial charge in [0.2, 0.25) is 0 Å². The Morgan fingerprint density at radius 1 is 1.36 bits per heavy atom. The zero-order valence-corrected chi connectivity index (χ0v) is 9.50.